The van der Waals surface area contributed by atoms with Crippen molar-refractivity contribution in [2.75, 3.05) is 4.90 Å². The highest BCUT2D eigenvalue weighted by atomic mass is 32.2. The van der Waals surface area contributed by atoms with E-state index < -0.39 is 11.1 Å². The summed E-state index contributed by atoms with van der Waals surface area (Å²) in [5, 5.41) is 9.03. The molecule has 0 bridgehead atoms. The van der Waals surface area contributed by atoms with Crippen LogP contribution in [0.5, 0.6) is 5.75 Å². The van der Waals surface area contributed by atoms with Crippen LogP contribution in [-0.4, -0.2) is 16.3 Å². The number of anilines is 1. The summed E-state index contributed by atoms with van der Waals surface area (Å²) in [5.74, 6) is -0.867. The first-order chi connectivity index (χ1) is 10.5. The summed E-state index contributed by atoms with van der Waals surface area (Å²) < 4.78 is 12.9. The van der Waals surface area contributed by atoms with Crippen LogP contribution < -0.4 is 4.90 Å². The molecular formula is C16H10FNO3S. The Labute approximate surface area is 129 Å². The molecule has 1 heterocycles. The zero-order valence-electron chi connectivity index (χ0n) is 11.2. The Kier molecular flexibility index (Phi) is 3.68. The first-order valence-electron chi connectivity index (χ1n) is 6.37. The van der Waals surface area contributed by atoms with Gasteiger partial charge in [-0.1, -0.05) is 18.2 Å². The molecule has 0 aromatic heterocycles. The van der Waals surface area contributed by atoms with Crippen molar-refractivity contribution in [2.24, 2.45) is 0 Å². The number of carbonyl (C=O) groups is 2. The maximum atomic E-state index is 12.9. The average Bonchev–Trinajstić information content (AvgIpc) is 2.76. The standard InChI is InChI=1S/C16H10FNO3S/c17-11-6-4-10(5-7-11)8-14-15(20)18(16(21)22-14)12-2-1-3-13(19)9-12/h1-9,19H/b14-8+. The molecule has 0 aliphatic carbocycles. The molecule has 0 radical (unpaired) electrons. The van der Waals surface area contributed by atoms with E-state index in [1.165, 1.54) is 42.5 Å². The molecule has 1 aliphatic rings. The summed E-state index contributed by atoms with van der Waals surface area (Å²) in [6, 6.07) is 11.5. The van der Waals surface area contributed by atoms with Crippen molar-refractivity contribution in [3.8, 4) is 5.75 Å². The molecule has 0 atom stereocenters. The van der Waals surface area contributed by atoms with Gasteiger partial charge < -0.3 is 5.11 Å². The Morgan fingerprint density at radius 1 is 1.09 bits per heavy atom. The summed E-state index contributed by atoms with van der Waals surface area (Å²) >= 11 is 0.805. The van der Waals surface area contributed by atoms with E-state index in [9.17, 15) is 19.1 Å². The molecule has 1 N–H and O–H groups in total. The molecule has 2 aromatic rings. The van der Waals surface area contributed by atoms with Crippen molar-refractivity contribution in [2.45, 2.75) is 0 Å². The van der Waals surface area contributed by atoms with Crippen LogP contribution in [0.1, 0.15) is 5.56 Å². The van der Waals surface area contributed by atoms with E-state index in [2.05, 4.69) is 0 Å². The Morgan fingerprint density at radius 3 is 2.50 bits per heavy atom. The van der Waals surface area contributed by atoms with E-state index in [1.807, 2.05) is 0 Å². The van der Waals surface area contributed by atoms with Crippen molar-refractivity contribution in [1.82, 2.24) is 0 Å². The molecule has 3 rings (SSSR count). The summed E-state index contributed by atoms with van der Waals surface area (Å²) in [5.41, 5.74) is 0.938. The second-order valence-electron chi connectivity index (χ2n) is 4.59. The minimum atomic E-state index is -0.468. The highest BCUT2D eigenvalue weighted by Crippen LogP contribution is 2.36. The predicted octanol–water partition coefficient (Wildman–Crippen LogP) is 3.77. The van der Waals surface area contributed by atoms with Gasteiger partial charge in [0.05, 0.1) is 10.6 Å². The molecular weight excluding hydrogens is 305 g/mol. The Bertz CT molecular complexity index is 786. The van der Waals surface area contributed by atoms with Gasteiger partial charge in [-0.15, -0.1) is 0 Å². The molecule has 6 heteroatoms. The third kappa shape index (κ3) is 2.73. The molecule has 0 spiro atoms. The van der Waals surface area contributed by atoms with E-state index in [0.29, 0.717) is 11.3 Å². The van der Waals surface area contributed by atoms with Gasteiger partial charge in [0.1, 0.15) is 11.6 Å². The Hall–Kier alpha value is -2.60. The molecule has 0 unspecified atom stereocenters. The number of thioether (sulfide) groups is 1. The molecule has 2 aromatic carbocycles. The third-order valence-electron chi connectivity index (χ3n) is 3.05. The average molecular weight is 315 g/mol. The highest BCUT2D eigenvalue weighted by Gasteiger charge is 2.36. The van der Waals surface area contributed by atoms with Crippen LogP contribution in [0.3, 0.4) is 0 Å². The Balaban J connectivity index is 1.93. The SMILES string of the molecule is O=C1S/C(=C/c2ccc(F)cc2)C(=O)N1c1cccc(O)c1. The third-order valence-corrected chi connectivity index (χ3v) is 3.92. The predicted molar refractivity (Wildman–Crippen MR) is 83.0 cm³/mol. The van der Waals surface area contributed by atoms with E-state index >= 15 is 0 Å². The fourth-order valence-corrected chi connectivity index (χ4v) is 2.87. The number of aromatic hydroxyl groups is 1. The van der Waals surface area contributed by atoms with E-state index in [0.717, 1.165) is 16.7 Å². The van der Waals surface area contributed by atoms with Gasteiger partial charge in [0.2, 0.25) is 0 Å². The van der Waals surface area contributed by atoms with Crippen molar-refractivity contribution in [3.05, 3.63) is 64.8 Å². The highest BCUT2D eigenvalue weighted by molar-refractivity contribution is 8.19. The van der Waals surface area contributed by atoms with Gasteiger partial charge in [-0.25, -0.2) is 9.29 Å². The second kappa shape index (κ2) is 5.65. The number of halogens is 1. The zero-order valence-corrected chi connectivity index (χ0v) is 12.0. The van der Waals surface area contributed by atoms with Gasteiger partial charge in [0, 0.05) is 6.07 Å². The molecule has 1 fully saturated rings. The number of rotatable bonds is 2. The van der Waals surface area contributed by atoms with E-state index in [-0.39, 0.29) is 16.5 Å². The number of nitrogens with zero attached hydrogens (tertiary/aromatic N) is 1. The molecule has 2 amide bonds. The number of hydrogen-bond donors (Lipinski definition) is 1. The van der Waals surface area contributed by atoms with Crippen LogP contribution in [0.2, 0.25) is 0 Å². The number of phenols is 1. The number of phenolic OH excluding ortho intramolecular Hbond substituents is 1. The van der Waals surface area contributed by atoms with Crippen LogP contribution in [0.15, 0.2) is 53.4 Å². The fourth-order valence-electron chi connectivity index (χ4n) is 2.03. The van der Waals surface area contributed by atoms with E-state index in [4.69, 9.17) is 0 Å². The van der Waals surface area contributed by atoms with Gasteiger partial charge >= 0.3 is 0 Å². The molecule has 22 heavy (non-hydrogen) atoms. The molecule has 0 saturated carbocycles. The van der Waals surface area contributed by atoms with Crippen LogP contribution in [0.4, 0.5) is 14.9 Å². The van der Waals surface area contributed by atoms with Gasteiger partial charge in [0.25, 0.3) is 11.1 Å². The van der Waals surface area contributed by atoms with Crippen LogP contribution >= 0.6 is 11.8 Å². The van der Waals surface area contributed by atoms with Crippen LogP contribution in [-0.2, 0) is 4.79 Å². The monoisotopic (exact) mass is 315 g/mol. The van der Waals surface area contributed by atoms with Crippen LogP contribution in [0.25, 0.3) is 6.08 Å². The molecule has 110 valence electrons. The van der Waals surface area contributed by atoms with Crippen molar-refractivity contribution >= 4 is 34.7 Å². The summed E-state index contributed by atoms with van der Waals surface area (Å²) in [6.45, 7) is 0. The van der Waals surface area contributed by atoms with Crippen molar-refractivity contribution in [3.63, 3.8) is 0 Å². The van der Waals surface area contributed by atoms with Crippen molar-refractivity contribution < 1.29 is 19.1 Å². The van der Waals surface area contributed by atoms with Gasteiger partial charge in [0.15, 0.2) is 0 Å². The lowest BCUT2D eigenvalue weighted by Crippen LogP contribution is -2.27. The van der Waals surface area contributed by atoms with Crippen molar-refractivity contribution in [1.29, 1.82) is 0 Å². The van der Waals surface area contributed by atoms with Gasteiger partial charge in [-0.05, 0) is 47.7 Å². The number of benzene rings is 2. The largest absolute Gasteiger partial charge is 0.508 e. The maximum Gasteiger partial charge on any atom is 0.298 e. The second-order valence-corrected chi connectivity index (χ2v) is 5.58. The molecule has 4 nitrogen and oxygen atoms in total. The lowest BCUT2D eigenvalue weighted by atomic mass is 10.2. The molecule has 1 saturated heterocycles. The Morgan fingerprint density at radius 2 is 1.82 bits per heavy atom. The first kappa shape index (κ1) is 14.3. The normalized spacial score (nSPS) is 16.6. The van der Waals surface area contributed by atoms with Gasteiger partial charge in [-0.2, -0.15) is 0 Å². The molecule has 1 aliphatic heterocycles. The lowest BCUT2D eigenvalue weighted by molar-refractivity contribution is -0.113. The quantitative estimate of drug-likeness (QED) is 0.857. The van der Waals surface area contributed by atoms with Gasteiger partial charge in [-0.3, -0.25) is 9.59 Å². The fraction of sp³-hybridized carbons (Fsp3) is 0. The topological polar surface area (TPSA) is 57.6 Å². The minimum absolute atomic E-state index is 0.0286. The first-order valence-corrected chi connectivity index (χ1v) is 7.19. The van der Waals surface area contributed by atoms with E-state index in [1.54, 1.807) is 12.1 Å². The smallest absolute Gasteiger partial charge is 0.298 e. The maximum absolute atomic E-state index is 12.9. The lowest BCUT2D eigenvalue weighted by Gasteiger charge is -2.12. The summed E-state index contributed by atoms with van der Waals surface area (Å²) in [6.07, 6.45) is 1.53. The summed E-state index contributed by atoms with van der Waals surface area (Å²) in [4.78, 5) is 25.6. The number of amides is 2. The summed E-state index contributed by atoms with van der Waals surface area (Å²) in [7, 11) is 0. The zero-order chi connectivity index (χ0) is 15.7. The minimum Gasteiger partial charge on any atom is -0.508 e. The van der Waals surface area contributed by atoms with Crippen LogP contribution in [0, 0.1) is 5.82 Å². The number of hydrogen-bond acceptors (Lipinski definition) is 4. The number of imide groups is 1. The number of carbonyl (C=O) groups excluding carboxylic acids is 2.